The van der Waals surface area contributed by atoms with Crippen LogP contribution in [-0.2, 0) is 0 Å². The standard InChI is InChI=1S/C17H21NO3/c1-12(13-8-6-5-7-9-13)18-14-10-15(19-2)17(21-4)16(11-14)20-3/h5-12,18H,1-4H3/t12-/m1/s1. The summed E-state index contributed by atoms with van der Waals surface area (Å²) in [6, 6.07) is 14.2. The van der Waals surface area contributed by atoms with Crippen molar-refractivity contribution in [1.29, 1.82) is 0 Å². The van der Waals surface area contributed by atoms with Gasteiger partial charge in [-0.15, -0.1) is 0 Å². The lowest BCUT2D eigenvalue weighted by molar-refractivity contribution is 0.324. The molecule has 2 aromatic carbocycles. The molecule has 0 radical (unpaired) electrons. The highest BCUT2D eigenvalue weighted by Gasteiger charge is 2.14. The van der Waals surface area contributed by atoms with E-state index < -0.39 is 0 Å². The van der Waals surface area contributed by atoms with E-state index in [1.165, 1.54) is 5.56 Å². The van der Waals surface area contributed by atoms with Crippen LogP contribution in [0.3, 0.4) is 0 Å². The Morgan fingerprint density at radius 3 is 1.90 bits per heavy atom. The SMILES string of the molecule is COc1cc(N[C@H](C)c2ccccc2)cc(OC)c1OC. The molecular formula is C17H21NO3. The molecule has 0 aromatic heterocycles. The minimum absolute atomic E-state index is 0.175. The molecule has 0 fully saturated rings. The molecule has 0 bridgehead atoms. The van der Waals surface area contributed by atoms with Gasteiger partial charge in [0.25, 0.3) is 0 Å². The first-order valence-corrected chi connectivity index (χ1v) is 6.81. The highest BCUT2D eigenvalue weighted by molar-refractivity contribution is 5.63. The summed E-state index contributed by atoms with van der Waals surface area (Å²) < 4.78 is 16.0. The average molecular weight is 287 g/mol. The molecule has 0 unspecified atom stereocenters. The van der Waals surface area contributed by atoms with Gasteiger partial charge in [-0.2, -0.15) is 0 Å². The summed E-state index contributed by atoms with van der Waals surface area (Å²) in [5, 5.41) is 3.44. The molecule has 0 saturated carbocycles. The molecule has 0 heterocycles. The fraction of sp³-hybridized carbons (Fsp3) is 0.294. The van der Waals surface area contributed by atoms with Crippen LogP contribution in [0.4, 0.5) is 5.69 Å². The maximum atomic E-state index is 5.36. The highest BCUT2D eigenvalue weighted by atomic mass is 16.5. The third kappa shape index (κ3) is 3.40. The third-order valence-electron chi connectivity index (χ3n) is 3.35. The lowest BCUT2D eigenvalue weighted by atomic mass is 10.1. The van der Waals surface area contributed by atoms with Crippen molar-refractivity contribution in [2.24, 2.45) is 0 Å². The Morgan fingerprint density at radius 2 is 1.43 bits per heavy atom. The molecule has 0 spiro atoms. The molecule has 4 nitrogen and oxygen atoms in total. The Kier molecular flexibility index (Phi) is 4.93. The molecule has 2 aromatic rings. The van der Waals surface area contributed by atoms with Gasteiger partial charge in [0.15, 0.2) is 11.5 Å². The van der Waals surface area contributed by atoms with Crippen molar-refractivity contribution >= 4 is 5.69 Å². The van der Waals surface area contributed by atoms with Gasteiger partial charge in [0.05, 0.1) is 21.3 Å². The van der Waals surface area contributed by atoms with E-state index in [2.05, 4.69) is 24.4 Å². The number of methoxy groups -OCH3 is 3. The van der Waals surface area contributed by atoms with E-state index in [1.807, 2.05) is 30.3 Å². The third-order valence-corrected chi connectivity index (χ3v) is 3.35. The number of anilines is 1. The first kappa shape index (κ1) is 15.0. The Labute approximate surface area is 125 Å². The van der Waals surface area contributed by atoms with Gasteiger partial charge in [-0.3, -0.25) is 0 Å². The van der Waals surface area contributed by atoms with Crippen LogP contribution in [0.2, 0.25) is 0 Å². The number of nitrogens with one attached hydrogen (secondary N) is 1. The van der Waals surface area contributed by atoms with Gasteiger partial charge in [-0.05, 0) is 12.5 Å². The lowest BCUT2D eigenvalue weighted by Crippen LogP contribution is -2.07. The van der Waals surface area contributed by atoms with E-state index in [0.29, 0.717) is 17.2 Å². The van der Waals surface area contributed by atoms with Crippen molar-refractivity contribution in [2.75, 3.05) is 26.6 Å². The van der Waals surface area contributed by atoms with Crippen LogP contribution in [-0.4, -0.2) is 21.3 Å². The lowest BCUT2D eigenvalue weighted by Gasteiger charge is -2.19. The van der Waals surface area contributed by atoms with Crippen LogP contribution >= 0.6 is 0 Å². The van der Waals surface area contributed by atoms with Crippen LogP contribution < -0.4 is 19.5 Å². The van der Waals surface area contributed by atoms with Crippen molar-refractivity contribution in [3.8, 4) is 17.2 Å². The number of ether oxygens (including phenoxy) is 3. The molecule has 1 atom stereocenters. The largest absolute Gasteiger partial charge is 0.493 e. The number of hydrogen-bond acceptors (Lipinski definition) is 4. The van der Waals surface area contributed by atoms with Gasteiger partial charge >= 0.3 is 0 Å². The maximum Gasteiger partial charge on any atom is 0.203 e. The molecule has 0 aliphatic rings. The van der Waals surface area contributed by atoms with Crippen molar-refractivity contribution in [1.82, 2.24) is 0 Å². The van der Waals surface area contributed by atoms with Crippen molar-refractivity contribution < 1.29 is 14.2 Å². The molecule has 0 saturated heterocycles. The van der Waals surface area contributed by atoms with Crippen LogP contribution in [0.5, 0.6) is 17.2 Å². The highest BCUT2D eigenvalue weighted by Crippen LogP contribution is 2.40. The predicted molar refractivity (Wildman–Crippen MR) is 84.6 cm³/mol. The van der Waals surface area contributed by atoms with Crippen molar-refractivity contribution in [3.63, 3.8) is 0 Å². The van der Waals surface area contributed by atoms with Gasteiger partial charge in [0.2, 0.25) is 5.75 Å². The summed E-state index contributed by atoms with van der Waals surface area (Å²) in [6.45, 7) is 2.11. The second-order valence-electron chi connectivity index (χ2n) is 4.69. The topological polar surface area (TPSA) is 39.7 Å². The zero-order valence-electron chi connectivity index (χ0n) is 12.8. The van der Waals surface area contributed by atoms with Crippen LogP contribution in [0.15, 0.2) is 42.5 Å². The first-order valence-electron chi connectivity index (χ1n) is 6.81. The summed E-state index contributed by atoms with van der Waals surface area (Å²) in [5.41, 5.74) is 2.13. The van der Waals surface area contributed by atoms with E-state index >= 15 is 0 Å². The molecule has 0 aliphatic heterocycles. The van der Waals surface area contributed by atoms with Gasteiger partial charge in [0.1, 0.15) is 0 Å². The van der Waals surface area contributed by atoms with Gasteiger partial charge in [-0.25, -0.2) is 0 Å². The van der Waals surface area contributed by atoms with E-state index in [1.54, 1.807) is 21.3 Å². The average Bonchev–Trinajstić information content (AvgIpc) is 2.54. The van der Waals surface area contributed by atoms with E-state index in [9.17, 15) is 0 Å². The van der Waals surface area contributed by atoms with E-state index in [4.69, 9.17) is 14.2 Å². The summed E-state index contributed by atoms with van der Waals surface area (Å²) in [4.78, 5) is 0. The van der Waals surface area contributed by atoms with Gasteiger partial charge < -0.3 is 19.5 Å². The smallest absolute Gasteiger partial charge is 0.203 e. The Bertz CT molecular complexity index is 559. The molecule has 0 amide bonds. The number of rotatable bonds is 6. The predicted octanol–water partition coefficient (Wildman–Crippen LogP) is 3.89. The second kappa shape index (κ2) is 6.88. The summed E-state index contributed by atoms with van der Waals surface area (Å²) in [7, 11) is 4.82. The van der Waals surface area contributed by atoms with Crippen LogP contribution in [0.1, 0.15) is 18.5 Å². The Hall–Kier alpha value is -2.36. The summed E-state index contributed by atoms with van der Waals surface area (Å²) in [6.07, 6.45) is 0. The Morgan fingerprint density at radius 1 is 0.857 bits per heavy atom. The number of hydrogen-bond donors (Lipinski definition) is 1. The van der Waals surface area contributed by atoms with E-state index in [0.717, 1.165) is 5.69 Å². The van der Waals surface area contributed by atoms with Crippen LogP contribution in [0.25, 0.3) is 0 Å². The van der Waals surface area contributed by atoms with Gasteiger partial charge in [-0.1, -0.05) is 30.3 Å². The maximum absolute atomic E-state index is 5.36. The molecule has 4 heteroatoms. The zero-order valence-corrected chi connectivity index (χ0v) is 12.8. The minimum Gasteiger partial charge on any atom is -0.493 e. The second-order valence-corrected chi connectivity index (χ2v) is 4.69. The minimum atomic E-state index is 0.175. The quantitative estimate of drug-likeness (QED) is 0.875. The zero-order chi connectivity index (χ0) is 15.2. The molecule has 1 N–H and O–H groups in total. The normalized spacial score (nSPS) is 11.6. The van der Waals surface area contributed by atoms with E-state index in [-0.39, 0.29) is 6.04 Å². The molecule has 21 heavy (non-hydrogen) atoms. The fourth-order valence-corrected chi connectivity index (χ4v) is 2.24. The first-order chi connectivity index (χ1) is 10.2. The molecule has 2 rings (SSSR count). The monoisotopic (exact) mass is 287 g/mol. The van der Waals surface area contributed by atoms with Crippen LogP contribution in [0, 0.1) is 0 Å². The van der Waals surface area contributed by atoms with Crippen molar-refractivity contribution in [2.45, 2.75) is 13.0 Å². The molecule has 112 valence electrons. The molecular weight excluding hydrogens is 266 g/mol. The van der Waals surface area contributed by atoms with Gasteiger partial charge in [0, 0.05) is 23.9 Å². The number of benzene rings is 2. The summed E-state index contributed by atoms with van der Waals surface area (Å²) in [5.74, 6) is 1.87. The Balaban J connectivity index is 2.28. The summed E-state index contributed by atoms with van der Waals surface area (Å²) >= 11 is 0. The fourth-order valence-electron chi connectivity index (χ4n) is 2.24. The van der Waals surface area contributed by atoms with Crippen molar-refractivity contribution in [3.05, 3.63) is 48.0 Å². The molecule has 0 aliphatic carbocycles.